The lowest BCUT2D eigenvalue weighted by atomic mass is 10.3. The summed E-state index contributed by atoms with van der Waals surface area (Å²) in [5, 5.41) is 12.8. The number of unbranched alkanes of at least 4 members (excludes halogenated alkanes) is 1. The molecule has 1 heterocycles. The van der Waals surface area contributed by atoms with Crippen LogP contribution in [-0.4, -0.2) is 26.6 Å². The largest absolute Gasteiger partial charge is 0.481 e. The summed E-state index contributed by atoms with van der Waals surface area (Å²) >= 11 is 1.01. The first-order valence-electron chi connectivity index (χ1n) is 5.25. The standard InChI is InChI=1S/C10H14F2N2O2S/c1-2-3-4-14-8(17-6-9(15)16)5-7(13-14)10(11)12/h5,10H,2-4,6H2,1H3,(H,15,16). The van der Waals surface area contributed by atoms with Crippen LogP contribution in [0.15, 0.2) is 11.1 Å². The summed E-state index contributed by atoms with van der Waals surface area (Å²) in [7, 11) is 0. The van der Waals surface area contributed by atoms with Gasteiger partial charge in [-0.3, -0.25) is 9.48 Å². The maximum atomic E-state index is 12.5. The number of rotatable bonds is 7. The van der Waals surface area contributed by atoms with Gasteiger partial charge in [-0.25, -0.2) is 8.78 Å². The summed E-state index contributed by atoms with van der Waals surface area (Å²) < 4.78 is 26.4. The molecule has 4 nitrogen and oxygen atoms in total. The number of aryl methyl sites for hydroxylation is 1. The minimum Gasteiger partial charge on any atom is -0.481 e. The molecule has 0 saturated carbocycles. The summed E-state index contributed by atoms with van der Waals surface area (Å²) in [5.41, 5.74) is -0.297. The molecule has 0 atom stereocenters. The number of carboxylic acids is 1. The Labute approximate surface area is 102 Å². The van der Waals surface area contributed by atoms with E-state index in [1.807, 2.05) is 6.92 Å². The van der Waals surface area contributed by atoms with Crippen LogP contribution in [0.3, 0.4) is 0 Å². The Hall–Kier alpha value is -1.11. The lowest BCUT2D eigenvalue weighted by molar-refractivity contribution is -0.133. The summed E-state index contributed by atoms with van der Waals surface area (Å²) in [4.78, 5) is 10.4. The Kier molecular flexibility index (Phi) is 5.40. The molecular formula is C10H14F2N2O2S. The van der Waals surface area contributed by atoms with Crippen LogP contribution in [0.5, 0.6) is 0 Å². The van der Waals surface area contributed by atoms with Crippen molar-refractivity contribution in [1.29, 1.82) is 0 Å². The number of aliphatic carboxylic acids is 1. The predicted octanol–water partition coefficient (Wildman–Crippen LogP) is 2.80. The van der Waals surface area contributed by atoms with Crippen LogP contribution in [0.4, 0.5) is 8.78 Å². The number of carboxylic acid groups (broad SMARTS) is 1. The van der Waals surface area contributed by atoms with Gasteiger partial charge in [-0.1, -0.05) is 25.1 Å². The predicted molar refractivity (Wildman–Crippen MR) is 60.5 cm³/mol. The monoisotopic (exact) mass is 264 g/mol. The number of alkyl halides is 2. The fraction of sp³-hybridized carbons (Fsp3) is 0.600. The Morgan fingerprint density at radius 3 is 2.88 bits per heavy atom. The van der Waals surface area contributed by atoms with Crippen molar-refractivity contribution in [1.82, 2.24) is 9.78 Å². The van der Waals surface area contributed by atoms with Gasteiger partial charge in [0, 0.05) is 6.54 Å². The van der Waals surface area contributed by atoms with Gasteiger partial charge in [-0.05, 0) is 12.5 Å². The summed E-state index contributed by atoms with van der Waals surface area (Å²) in [5.74, 6) is -1.13. The molecule has 0 radical (unpaired) electrons. The van der Waals surface area contributed by atoms with Crippen molar-refractivity contribution in [3.05, 3.63) is 11.8 Å². The average molecular weight is 264 g/mol. The smallest absolute Gasteiger partial charge is 0.313 e. The molecule has 0 aliphatic rings. The first-order valence-corrected chi connectivity index (χ1v) is 6.23. The van der Waals surface area contributed by atoms with E-state index in [2.05, 4.69) is 5.10 Å². The molecule has 0 amide bonds. The van der Waals surface area contributed by atoms with Crippen molar-refractivity contribution in [2.45, 2.75) is 37.8 Å². The molecule has 0 aliphatic heterocycles. The van der Waals surface area contributed by atoms with Crippen molar-refractivity contribution in [2.24, 2.45) is 0 Å². The van der Waals surface area contributed by atoms with E-state index in [0.717, 1.165) is 24.6 Å². The maximum Gasteiger partial charge on any atom is 0.313 e. The summed E-state index contributed by atoms with van der Waals surface area (Å²) in [6.07, 6.45) is -0.875. The second-order valence-electron chi connectivity index (χ2n) is 3.47. The molecular weight excluding hydrogens is 250 g/mol. The molecule has 0 bridgehead atoms. The SMILES string of the molecule is CCCCn1nc(C(F)F)cc1SCC(=O)O. The zero-order chi connectivity index (χ0) is 12.8. The number of hydrogen-bond acceptors (Lipinski definition) is 3. The molecule has 0 spiro atoms. The van der Waals surface area contributed by atoms with Gasteiger partial charge in [0.2, 0.25) is 0 Å². The molecule has 7 heteroatoms. The van der Waals surface area contributed by atoms with Crippen LogP contribution in [0, 0.1) is 0 Å². The zero-order valence-corrected chi connectivity index (χ0v) is 10.2. The molecule has 1 aromatic rings. The van der Waals surface area contributed by atoms with Crippen LogP contribution in [0.2, 0.25) is 0 Å². The molecule has 1 aromatic heterocycles. The Morgan fingerprint density at radius 2 is 2.35 bits per heavy atom. The van der Waals surface area contributed by atoms with Crippen LogP contribution >= 0.6 is 11.8 Å². The first kappa shape index (κ1) is 14.0. The highest BCUT2D eigenvalue weighted by Crippen LogP contribution is 2.25. The highest BCUT2D eigenvalue weighted by molar-refractivity contribution is 7.99. The molecule has 0 unspecified atom stereocenters. The van der Waals surface area contributed by atoms with E-state index in [1.165, 1.54) is 10.7 Å². The third kappa shape index (κ3) is 4.33. The highest BCUT2D eigenvalue weighted by Gasteiger charge is 2.16. The van der Waals surface area contributed by atoms with Gasteiger partial charge in [0.25, 0.3) is 6.43 Å². The molecule has 0 aliphatic carbocycles. The molecule has 96 valence electrons. The topological polar surface area (TPSA) is 55.1 Å². The fourth-order valence-electron chi connectivity index (χ4n) is 1.25. The van der Waals surface area contributed by atoms with Gasteiger partial charge < -0.3 is 5.11 Å². The van der Waals surface area contributed by atoms with E-state index < -0.39 is 12.4 Å². The fourth-order valence-corrected chi connectivity index (χ4v) is 2.00. The van der Waals surface area contributed by atoms with Crippen molar-refractivity contribution in [3.63, 3.8) is 0 Å². The van der Waals surface area contributed by atoms with E-state index in [1.54, 1.807) is 0 Å². The number of nitrogens with zero attached hydrogens (tertiary/aromatic N) is 2. The summed E-state index contributed by atoms with van der Waals surface area (Å²) in [6, 6.07) is 1.26. The van der Waals surface area contributed by atoms with Crippen molar-refractivity contribution >= 4 is 17.7 Å². The summed E-state index contributed by atoms with van der Waals surface area (Å²) in [6.45, 7) is 2.52. The minimum atomic E-state index is -2.62. The Morgan fingerprint density at radius 1 is 1.65 bits per heavy atom. The van der Waals surface area contributed by atoms with Gasteiger partial charge in [-0.15, -0.1) is 0 Å². The van der Waals surface area contributed by atoms with Gasteiger partial charge in [0.05, 0.1) is 10.8 Å². The molecule has 17 heavy (non-hydrogen) atoms. The number of thioether (sulfide) groups is 1. The average Bonchev–Trinajstić information content (AvgIpc) is 2.67. The van der Waals surface area contributed by atoms with Crippen LogP contribution in [-0.2, 0) is 11.3 Å². The van der Waals surface area contributed by atoms with Gasteiger partial charge >= 0.3 is 5.97 Å². The van der Waals surface area contributed by atoms with Gasteiger partial charge in [-0.2, -0.15) is 5.10 Å². The van der Waals surface area contributed by atoms with E-state index in [-0.39, 0.29) is 11.4 Å². The van der Waals surface area contributed by atoms with Crippen LogP contribution < -0.4 is 0 Å². The Balaban J connectivity index is 2.79. The van der Waals surface area contributed by atoms with Crippen molar-refractivity contribution in [3.8, 4) is 0 Å². The number of halogens is 2. The first-order chi connectivity index (χ1) is 8.04. The van der Waals surface area contributed by atoms with E-state index in [0.29, 0.717) is 11.6 Å². The number of hydrogen-bond donors (Lipinski definition) is 1. The lowest BCUT2D eigenvalue weighted by Gasteiger charge is -2.04. The highest BCUT2D eigenvalue weighted by atomic mass is 32.2. The van der Waals surface area contributed by atoms with Crippen LogP contribution in [0.25, 0.3) is 0 Å². The molecule has 1 N–H and O–H groups in total. The third-order valence-electron chi connectivity index (χ3n) is 2.05. The van der Waals surface area contributed by atoms with Crippen LogP contribution in [0.1, 0.15) is 31.9 Å². The van der Waals surface area contributed by atoms with Gasteiger partial charge in [0.15, 0.2) is 0 Å². The molecule has 0 fully saturated rings. The quantitative estimate of drug-likeness (QED) is 0.769. The van der Waals surface area contributed by atoms with Crippen molar-refractivity contribution < 1.29 is 18.7 Å². The third-order valence-corrected chi connectivity index (χ3v) is 3.07. The molecule has 0 aromatic carbocycles. The molecule has 1 rings (SSSR count). The second-order valence-corrected chi connectivity index (χ2v) is 4.46. The molecule has 0 saturated heterocycles. The van der Waals surface area contributed by atoms with E-state index >= 15 is 0 Å². The van der Waals surface area contributed by atoms with Gasteiger partial charge in [0.1, 0.15) is 5.69 Å². The lowest BCUT2D eigenvalue weighted by Crippen LogP contribution is -2.04. The minimum absolute atomic E-state index is 0.152. The zero-order valence-electron chi connectivity index (χ0n) is 9.40. The van der Waals surface area contributed by atoms with E-state index in [9.17, 15) is 13.6 Å². The number of carbonyl (C=O) groups is 1. The van der Waals surface area contributed by atoms with Crippen molar-refractivity contribution in [2.75, 3.05) is 5.75 Å². The number of aromatic nitrogens is 2. The normalized spacial score (nSPS) is 11.1. The second kappa shape index (κ2) is 6.58. The van der Waals surface area contributed by atoms with E-state index in [4.69, 9.17) is 5.11 Å². The maximum absolute atomic E-state index is 12.5. The Bertz CT molecular complexity index is 382.